The SMILES string of the molecule is COCCOCc1ccc(Br)s1. The summed E-state index contributed by atoms with van der Waals surface area (Å²) in [6.07, 6.45) is 0. The molecule has 0 radical (unpaired) electrons. The Morgan fingerprint density at radius 1 is 1.42 bits per heavy atom. The molecule has 0 N–H and O–H groups in total. The zero-order chi connectivity index (χ0) is 8.81. The van der Waals surface area contributed by atoms with E-state index < -0.39 is 0 Å². The molecule has 0 aliphatic rings. The van der Waals surface area contributed by atoms with Crippen molar-refractivity contribution in [3.63, 3.8) is 0 Å². The quantitative estimate of drug-likeness (QED) is 0.749. The third-order valence-electron chi connectivity index (χ3n) is 1.30. The van der Waals surface area contributed by atoms with Crippen LogP contribution >= 0.6 is 27.3 Å². The van der Waals surface area contributed by atoms with Crippen LogP contribution in [-0.4, -0.2) is 20.3 Å². The van der Waals surface area contributed by atoms with Gasteiger partial charge in [0.1, 0.15) is 0 Å². The summed E-state index contributed by atoms with van der Waals surface area (Å²) in [5, 5.41) is 0. The first-order chi connectivity index (χ1) is 5.83. The first kappa shape index (κ1) is 10.2. The summed E-state index contributed by atoms with van der Waals surface area (Å²) < 4.78 is 11.3. The Labute approximate surface area is 84.6 Å². The Morgan fingerprint density at radius 2 is 2.25 bits per heavy atom. The van der Waals surface area contributed by atoms with Crippen molar-refractivity contribution in [2.24, 2.45) is 0 Å². The second-order valence-electron chi connectivity index (χ2n) is 2.25. The van der Waals surface area contributed by atoms with Crippen LogP contribution in [-0.2, 0) is 16.1 Å². The molecule has 0 saturated carbocycles. The average molecular weight is 251 g/mol. The summed E-state index contributed by atoms with van der Waals surface area (Å²) in [6.45, 7) is 2.00. The smallest absolute Gasteiger partial charge is 0.0810 e. The minimum atomic E-state index is 0.659. The van der Waals surface area contributed by atoms with E-state index in [9.17, 15) is 0 Å². The monoisotopic (exact) mass is 250 g/mol. The molecule has 0 unspecified atom stereocenters. The summed E-state index contributed by atoms with van der Waals surface area (Å²) in [5.74, 6) is 0. The van der Waals surface area contributed by atoms with Gasteiger partial charge in [-0.3, -0.25) is 0 Å². The first-order valence-corrected chi connectivity index (χ1v) is 5.25. The van der Waals surface area contributed by atoms with Crippen molar-refractivity contribution < 1.29 is 9.47 Å². The molecule has 0 spiro atoms. The molecule has 4 heteroatoms. The van der Waals surface area contributed by atoms with E-state index in [4.69, 9.17) is 9.47 Å². The topological polar surface area (TPSA) is 18.5 Å². The zero-order valence-corrected chi connectivity index (χ0v) is 9.28. The van der Waals surface area contributed by atoms with Crippen molar-refractivity contribution in [1.29, 1.82) is 0 Å². The van der Waals surface area contributed by atoms with E-state index in [1.54, 1.807) is 18.4 Å². The molecular weight excluding hydrogens is 240 g/mol. The van der Waals surface area contributed by atoms with Gasteiger partial charge in [0.05, 0.1) is 23.6 Å². The molecule has 0 fully saturated rings. The lowest BCUT2D eigenvalue weighted by Gasteiger charge is -1.99. The fourth-order valence-electron chi connectivity index (χ4n) is 0.744. The zero-order valence-electron chi connectivity index (χ0n) is 6.88. The van der Waals surface area contributed by atoms with Crippen molar-refractivity contribution in [3.8, 4) is 0 Å². The molecule has 1 aromatic rings. The van der Waals surface area contributed by atoms with Crippen molar-refractivity contribution in [2.45, 2.75) is 6.61 Å². The van der Waals surface area contributed by atoms with Crippen LogP contribution in [0.4, 0.5) is 0 Å². The number of ether oxygens (including phenoxy) is 2. The summed E-state index contributed by atoms with van der Waals surface area (Å²) in [6, 6.07) is 4.08. The van der Waals surface area contributed by atoms with Crippen LogP contribution in [0.1, 0.15) is 4.88 Å². The van der Waals surface area contributed by atoms with Crippen molar-refractivity contribution >= 4 is 27.3 Å². The molecule has 0 atom stereocenters. The fourth-order valence-corrected chi connectivity index (χ4v) is 2.17. The first-order valence-electron chi connectivity index (χ1n) is 3.64. The molecule has 0 aromatic carbocycles. The fraction of sp³-hybridized carbons (Fsp3) is 0.500. The van der Waals surface area contributed by atoms with Gasteiger partial charge in [0.2, 0.25) is 0 Å². The van der Waals surface area contributed by atoms with Gasteiger partial charge in [0.15, 0.2) is 0 Å². The number of halogens is 1. The predicted octanol–water partition coefficient (Wildman–Crippen LogP) is 2.67. The predicted molar refractivity (Wildman–Crippen MR) is 53.6 cm³/mol. The second-order valence-corrected chi connectivity index (χ2v) is 4.80. The van der Waals surface area contributed by atoms with Gasteiger partial charge in [0.25, 0.3) is 0 Å². The Hall–Kier alpha value is 0.1000. The van der Waals surface area contributed by atoms with E-state index in [0.29, 0.717) is 19.8 Å². The highest BCUT2D eigenvalue weighted by Gasteiger charge is 1.96. The number of rotatable bonds is 5. The molecule has 1 rings (SSSR count). The van der Waals surface area contributed by atoms with Gasteiger partial charge in [-0.1, -0.05) is 0 Å². The minimum Gasteiger partial charge on any atom is -0.382 e. The highest BCUT2D eigenvalue weighted by molar-refractivity contribution is 9.11. The normalized spacial score (nSPS) is 10.5. The number of methoxy groups -OCH3 is 1. The van der Waals surface area contributed by atoms with Gasteiger partial charge < -0.3 is 9.47 Å². The molecule has 0 amide bonds. The third kappa shape index (κ3) is 3.67. The maximum absolute atomic E-state index is 5.34. The molecule has 2 nitrogen and oxygen atoms in total. The molecule has 0 bridgehead atoms. The molecule has 12 heavy (non-hydrogen) atoms. The van der Waals surface area contributed by atoms with E-state index in [2.05, 4.69) is 22.0 Å². The van der Waals surface area contributed by atoms with Crippen LogP contribution in [0.15, 0.2) is 15.9 Å². The lowest BCUT2D eigenvalue weighted by Crippen LogP contribution is -2.00. The summed E-state index contributed by atoms with van der Waals surface area (Å²) in [7, 11) is 1.67. The van der Waals surface area contributed by atoms with E-state index in [0.717, 1.165) is 3.79 Å². The summed E-state index contributed by atoms with van der Waals surface area (Å²) in [4.78, 5) is 1.23. The lowest BCUT2D eigenvalue weighted by molar-refractivity contribution is 0.0628. The van der Waals surface area contributed by atoms with Gasteiger partial charge in [-0.05, 0) is 28.1 Å². The Morgan fingerprint density at radius 3 is 2.83 bits per heavy atom. The van der Waals surface area contributed by atoms with Crippen molar-refractivity contribution in [2.75, 3.05) is 20.3 Å². The maximum Gasteiger partial charge on any atom is 0.0810 e. The van der Waals surface area contributed by atoms with E-state index >= 15 is 0 Å². The van der Waals surface area contributed by atoms with Crippen LogP contribution < -0.4 is 0 Å². The Bertz CT molecular complexity index is 225. The largest absolute Gasteiger partial charge is 0.382 e. The van der Waals surface area contributed by atoms with E-state index in [1.807, 2.05) is 6.07 Å². The summed E-state index contributed by atoms with van der Waals surface area (Å²) in [5.41, 5.74) is 0. The number of thiophene rings is 1. The average Bonchev–Trinajstić information content (AvgIpc) is 2.45. The van der Waals surface area contributed by atoms with Crippen LogP contribution in [0.5, 0.6) is 0 Å². The van der Waals surface area contributed by atoms with Gasteiger partial charge in [-0.2, -0.15) is 0 Å². The van der Waals surface area contributed by atoms with Crippen LogP contribution in [0, 0.1) is 0 Å². The Balaban J connectivity index is 2.15. The molecule has 0 aliphatic heterocycles. The minimum absolute atomic E-state index is 0.659. The molecular formula is C8H11BrO2S. The van der Waals surface area contributed by atoms with E-state index in [1.165, 1.54) is 4.88 Å². The number of hydrogen-bond donors (Lipinski definition) is 0. The van der Waals surface area contributed by atoms with Gasteiger partial charge in [-0.25, -0.2) is 0 Å². The highest BCUT2D eigenvalue weighted by atomic mass is 79.9. The molecule has 1 aromatic heterocycles. The second kappa shape index (κ2) is 5.70. The Kier molecular flexibility index (Phi) is 4.83. The van der Waals surface area contributed by atoms with Crippen molar-refractivity contribution in [3.05, 3.63) is 20.8 Å². The van der Waals surface area contributed by atoms with Gasteiger partial charge in [-0.15, -0.1) is 11.3 Å². The van der Waals surface area contributed by atoms with E-state index in [-0.39, 0.29) is 0 Å². The van der Waals surface area contributed by atoms with Crippen LogP contribution in [0.25, 0.3) is 0 Å². The third-order valence-corrected chi connectivity index (χ3v) is 2.90. The lowest BCUT2D eigenvalue weighted by atomic mass is 10.5. The standard InChI is InChI=1S/C8H11BrO2S/c1-10-4-5-11-6-7-2-3-8(9)12-7/h2-3H,4-6H2,1H3. The maximum atomic E-state index is 5.34. The summed E-state index contributed by atoms with van der Waals surface area (Å²) >= 11 is 5.09. The molecule has 0 saturated heterocycles. The van der Waals surface area contributed by atoms with Crippen molar-refractivity contribution in [1.82, 2.24) is 0 Å². The van der Waals surface area contributed by atoms with Crippen LogP contribution in [0.2, 0.25) is 0 Å². The molecule has 0 aliphatic carbocycles. The molecule has 68 valence electrons. The number of hydrogen-bond acceptors (Lipinski definition) is 3. The highest BCUT2D eigenvalue weighted by Crippen LogP contribution is 2.22. The van der Waals surface area contributed by atoms with Crippen LogP contribution in [0.3, 0.4) is 0 Å². The molecule has 1 heterocycles. The van der Waals surface area contributed by atoms with Gasteiger partial charge in [0, 0.05) is 12.0 Å². The van der Waals surface area contributed by atoms with Gasteiger partial charge >= 0.3 is 0 Å².